The van der Waals surface area contributed by atoms with Crippen LogP contribution in [0, 0.1) is 0 Å². The van der Waals surface area contributed by atoms with Gasteiger partial charge in [-0.25, -0.2) is 4.79 Å². The van der Waals surface area contributed by atoms with Crippen LogP contribution in [0.3, 0.4) is 0 Å². The Kier molecular flexibility index (Phi) is 8.71. The molecule has 2 unspecified atom stereocenters. The topological polar surface area (TPSA) is 156 Å². The summed E-state index contributed by atoms with van der Waals surface area (Å²) in [5.41, 5.74) is 6.92. The van der Waals surface area contributed by atoms with E-state index in [1.54, 1.807) is 28.8 Å². The van der Waals surface area contributed by atoms with E-state index in [1.807, 2.05) is 24.8 Å². The molecule has 1 amide bonds. The van der Waals surface area contributed by atoms with E-state index in [-0.39, 0.29) is 35.1 Å². The van der Waals surface area contributed by atoms with Gasteiger partial charge in [0.15, 0.2) is 23.1 Å². The van der Waals surface area contributed by atoms with E-state index in [4.69, 9.17) is 20.2 Å². The van der Waals surface area contributed by atoms with Crippen LogP contribution in [0.25, 0.3) is 11.2 Å². The second-order valence-corrected chi connectivity index (χ2v) is 10.9. The third-order valence-corrected chi connectivity index (χ3v) is 7.53. The van der Waals surface area contributed by atoms with Gasteiger partial charge < -0.3 is 30.0 Å². The van der Waals surface area contributed by atoms with Crippen LogP contribution in [0.5, 0.6) is 0 Å². The molecule has 224 valence electrons. The summed E-state index contributed by atoms with van der Waals surface area (Å²) >= 11 is 0. The molecule has 0 spiro atoms. The molecule has 3 aromatic rings. The summed E-state index contributed by atoms with van der Waals surface area (Å²) in [7, 11) is 1.54. The van der Waals surface area contributed by atoms with Crippen LogP contribution in [0.1, 0.15) is 37.0 Å². The molecule has 42 heavy (non-hydrogen) atoms. The van der Waals surface area contributed by atoms with Gasteiger partial charge in [-0.3, -0.25) is 23.5 Å². The molecule has 2 fully saturated rings. The van der Waals surface area contributed by atoms with E-state index in [1.165, 1.54) is 11.6 Å². The molecule has 4 heterocycles. The highest BCUT2D eigenvalue weighted by molar-refractivity contribution is 6.05. The summed E-state index contributed by atoms with van der Waals surface area (Å²) < 4.78 is 14.8. The van der Waals surface area contributed by atoms with Crippen LogP contribution < -0.4 is 27.2 Å². The molecular weight excluding hydrogens is 542 g/mol. The maximum Gasteiger partial charge on any atom is 0.332 e. The van der Waals surface area contributed by atoms with Gasteiger partial charge in [-0.15, -0.1) is 0 Å². The number of anilines is 2. The van der Waals surface area contributed by atoms with Crippen LogP contribution in [-0.2, 0) is 34.4 Å². The molecule has 13 nitrogen and oxygen atoms in total. The molecule has 5 rings (SSSR count). The number of imidazole rings is 1. The molecule has 1 aromatic carbocycles. The molecule has 0 bridgehead atoms. The van der Waals surface area contributed by atoms with Gasteiger partial charge in [0.2, 0.25) is 5.95 Å². The zero-order valence-corrected chi connectivity index (χ0v) is 24.2. The highest BCUT2D eigenvalue weighted by atomic mass is 16.6. The van der Waals surface area contributed by atoms with Gasteiger partial charge in [-0.2, -0.15) is 4.98 Å². The molecule has 0 aliphatic carbocycles. The Bertz CT molecular complexity index is 1640. The van der Waals surface area contributed by atoms with Crippen molar-refractivity contribution in [1.82, 2.24) is 18.7 Å². The minimum absolute atomic E-state index is 0.0219. The molecule has 3 N–H and O–H groups in total. The van der Waals surface area contributed by atoms with Crippen LogP contribution >= 0.6 is 0 Å². The number of ketones is 1. The second kappa shape index (κ2) is 12.4. The number of benzene rings is 1. The smallest absolute Gasteiger partial charge is 0.332 e. The predicted octanol–water partition coefficient (Wildman–Crippen LogP) is 1.03. The monoisotopic (exact) mass is 579 g/mol. The van der Waals surface area contributed by atoms with Crippen molar-refractivity contribution in [3.63, 3.8) is 0 Å². The number of nitrogens with two attached hydrogens (primary N) is 1. The van der Waals surface area contributed by atoms with Gasteiger partial charge in [0.05, 0.1) is 32.1 Å². The van der Waals surface area contributed by atoms with Crippen molar-refractivity contribution in [1.29, 1.82) is 0 Å². The second-order valence-electron chi connectivity index (χ2n) is 10.9. The lowest BCUT2D eigenvalue weighted by atomic mass is 10.1. The van der Waals surface area contributed by atoms with Gasteiger partial charge >= 0.3 is 5.69 Å². The fourth-order valence-electron chi connectivity index (χ4n) is 5.30. The van der Waals surface area contributed by atoms with Gasteiger partial charge in [0.25, 0.3) is 11.5 Å². The number of hydrogen-bond acceptors (Lipinski definition) is 9. The van der Waals surface area contributed by atoms with Crippen LogP contribution in [-0.4, -0.2) is 75.4 Å². The highest BCUT2D eigenvalue weighted by Gasteiger charge is 2.28. The van der Waals surface area contributed by atoms with E-state index in [0.29, 0.717) is 32.3 Å². The fraction of sp³-hybridized carbons (Fsp3) is 0.483. The number of aromatic nitrogens is 4. The van der Waals surface area contributed by atoms with Crippen molar-refractivity contribution in [3.8, 4) is 0 Å². The van der Waals surface area contributed by atoms with Crippen molar-refractivity contribution < 1.29 is 19.1 Å². The number of fused-ring (bicyclic) bond motifs is 1. The molecule has 2 aliphatic heterocycles. The number of rotatable bonds is 8. The van der Waals surface area contributed by atoms with E-state index < -0.39 is 35.6 Å². The van der Waals surface area contributed by atoms with Crippen molar-refractivity contribution in [3.05, 3.63) is 62.3 Å². The first-order chi connectivity index (χ1) is 20.2. The number of ether oxygens (including phenoxy) is 2. The normalized spacial score (nSPS) is 19.1. The van der Waals surface area contributed by atoms with Crippen molar-refractivity contribution in [2.45, 2.75) is 51.9 Å². The zero-order valence-electron chi connectivity index (χ0n) is 24.2. The number of carbonyl (C=O) groups excluding carboxylic acids is 2. The number of hydrogen-bond donors (Lipinski definition) is 2. The number of allylic oxidation sites excluding steroid dienone is 2. The summed E-state index contributed by atoms with van der Waals surface area (Å²) in [5.74, 6) is -0.392. The summed E-state index contributed by atoms with van der Waals surface area (Å²) in [6.07, 6.45) is 2.97. The third kappa shape index (κ3) is 5.94. The molecule has 13 heteroatoms. The van der Waals surface area contributed by atoms with E-state index in [2.05, 4.69) is 5.32 Å². The molecule has 2 aliphatic rings. The third-order valence-electron chi connectivity index (χ3n) is 7.53. The maximum atomic E-state index is 13.9. The Hall–Kier alpha value is -4.07. The van der Waals surface area contributed by atoms with Crippen molar-refractivity contribution in [2.24, 2.45) is 12.8 Å². The zero-order chi connectivity index (χ0) is 30.0. The highest BCUT2D eigenvalue weighted by Crippen LogP contribution is 2.24. The minimum Gasteiger partial charge on any atom is -0.376 e. The first kappa shape index (κ1) is 29.4. The maximum absolute atomic E-state index is 13.9. The standard InChI is InChI=1S/C29H37N7O6/c1-18(2)10-12-35-24-25(32-28(35)34-11-6-7-19(30)15-34)33(3)29(40)36(27(24)39)16-22(37)20-8-4-5-9-21(20)31-26(38)23-17-41-13-14-42-23/h4-5,8-10,19,23H,6-7,11-17,30H2,1-3H3,(H,31,38). The van der Waals surface area contributed by atoms with Crippen molar-refractivity contribution >= 4 is 34.5 Å². The predicted molar refractivity (Wildman–Crippen MR) is 158 cm³/mol. The SMILES string of the molecule is CC(C)=CCn1c(N2CCCC(N)C2)nc2c1c(=O)n(CC(=O)c1ccccc1NC(=O)C1COCCO1)c(=O)n2C. The van der Waals surface area contributed by atoms with E-state index in [0.717, 1.165) is 29.5 Å². The molecule has 0 radical (unpaired) electrons. The molecule has 2 saturated heterocycles. The number of piperidine rings is 1. The molecular formula is C29H37N7O6. The lowest BCUT2D eigenvalue weighted by molar-refractivity contribution is -0.142. The first-order valence-electron chi connectivity index (χ1n) is 14.1. The average molecular weight is 580 g/mol. The Morgan fingerprint density at radius 3 is 2.67 bits per heavy atom. The number of nitrogens with zero attached hydrogens (tertiary/aromatic N) is 5. The van der Waals surface area contributed by atoms with Gasteiger partial charge in [-0.05, 0) is 38.8 Å². The molecule has 0 saturated carbocycles. The largest absolute Gasteiger partial charge is 0.376 e. The molecule has 2 atom stereocenters. The average Bonchev–Trinajstić information content (AvgIpc) is 3.37. The van der Waals surface area contributed by atoms with E-state index >= 15 is 0 Å². The Morgan fingerprint density at radius 2 is 1.95 bits per heavy atom. The van der Waals surface area contributed by atoms with E-state index in [9.17, 15) is 19.2 Å². The number of amides is 1. The van der Waals surface area contributed by atoms with Gasteiger partial charge in [0.1, 0.15) is 0 Å². The minimum atomic E-state index is -0.802. The van der Waals surface area contributed by atoms with Crippen LogP contribution in [0.15, 0.2) is 45.5 Å². The fourth-order valence-corrected chi connectivity index (χ4v) is 5.30. The van der Waals surface area contributed by atoms with Gasteiger partial charge in [0, 0.05) is 38.3 Å². The summed E-state index contributed by atoms with van der Waals surface area (Å²) in [4.78, 5) is 60.5. The van der Waals surface area contributed by atoms with Crippen LogP contribution in [0.4, 0.5) is 11.6 Å². The number of nitrogens with one attached hydrogen (secondary N) is 1. The number of para-hydroxylation sites is 1. The number of aryl methyl sites for hydroxylation is 1. The van der Waals surface area contributed by atoms with Crippen molar-refractivity contribution in [2.75, 3.05) is 43.1 Å². The number of Topliss-reactive ketones (excluding diaryl/α,β-unsaturated/α-hetero) is 1. The lowest BCUT2D eigenvalue weighted by Crippen LogP contribution is -2.44. The summed E-state index contributed by atoms with van der Waals surface area (Å²) in [5, 5.41) is 2.73. The molecule has 2 aromatic heterocycles. The lowest BCUT2D eigenvalue weighted by Gasteiger charge is -2.31. The summed E-state index contributed by atoms with van der Waals surface area (Å²) in [6, 6.07) is 6.44. The Balaban J connectivity index is 1.53. The number of carbonyl (C=O) groups is 2. The van der Waals surface area contributed by atoms with Crippen LogP contribution in [0.2, 0.25) is 0 Å². The first-order valence-corrected chi connectivity index (χ1v) is 14.1. The van der Waals surface area contributed by atoms with Gasteiger partial charge in [-0.1, -0.05) is 23.8 Å². The quantitative estimate of drug-likeness (QED) is 0.294. The Labute approximate surface area is 242 Å². The Morgan fingerprint density at radius 1 is 1.17 bits per heavy atom. The summed E-state index contributed by atoms with van der Waals surface area (Å²) in [6.45, 7) is 5.90.